The molecule has 1 fully saturated rings. The highest BCUT2D eigenvalue weighted by Crippen LogP contribution is 2.28. The van der Waals surface area contributed by atoms with E-state index in [1.807, 2.05) is 19.9 Å². The summed E-state index contributed by atoms with van der Waals surface area (Å²) < 4.78 is 29.1. The van der Waals surface area contributed by atoms with Crippen LogP contribution in [0.25, 0.3) is 0 Å². The Bertz CT molecular complexity index is 1580. The standard InChI is InChI=1S/C32H36Cl3N3O4S/c1-21-9-13-27(17-22(21)2)38(43(41,42)28-14-11-25(33)12-15-28)20-31(39)37(19-24-10-16-29(34)30(35)18-24)23(3)32(40)36-26-7-5-4-6-8-26/h9-18,23,26H,4-8,19-20H2,1-3H3,(H,36,40). The van der Waals surface area contributed by atoms with Crippen LogP contribution in [0, 0.1) is 13.8 Å². The van der Waals surface area contributed by atoms with Crippen LogP contribution in [-0.4, -0.2) is 43.8 Å². The molecular weight excluding hydrogens is 629 g/mol. The Morgan fingerprint density at radius 3 is 2.19 bits per heavy atom. The molecule has 0 aromatic heterocycles. The van der Waals surface area contributed by atoms with Gasteiger partial charge in [0.1, 0.15) is 12.6 Å². The van der Waals surface area contributed by atoms with Crippen LogP contribution in [0.2, 0.25) is 15.1 Å². The molecule has 0 aliphatic heterocycles. The van der Waals surface area contributed by atoms with Gasteiger partial charge in [0.2, 0.25) is 11.8 Å². The SMILES string of the molecule is Cc1ccc(N(CC(=O)N(Cc2ccc(Cl)c(Cl)c2)C(C)C(=O)NC2CCCCC2)S(=O)(=O)c2ccc(Cl)cc2)cc1C. The molecule has 1 atom stereocenters. The first-order chi connectivity index (χ1) is 20.4. The van der Waals surface area contributed by atoms with Gasteiger partial charge in [-0.3, -0.25) is 13.9 Å². The van der Waals surface area contributed by atoms with E-state index in [4.69, 9.17) is 34.8 Å². The summed E-state index contributed by atoms with van der Waals surface area (Å²) in [6.45, 7) is 4.95. The van der Waals surface area contributed by atoms with Crippen LogP contribution in [0.3, 0.4) is 0 Å². The van der Waals surface area contributed by atoms with E-state index in [2.05, 4.69) is 5.32 Å². The number of sulfonamides is 1. The fourth-order valence-corrected chi connectivity index (χ4v) is 6.98. The molecule has 4 rings (SSSR count). The minimum atomic E-state index is -4.19. The van der Waals surface area contributed by atoms with E-state index in [1.54, 1.807) is 37.3 Å². The van der Waals surface area contributed by atoms with Crippen LogP contribution >= 0.6 is 34.8 Å². The first-order valence-electron chi connectivity index (χ1n) is 14.3. The molecule has 1 saturated carbocycles. The van der Waals surface area contributed by atoms with Gasteiger partial charge in [-0.1, -0.05) is 66.2 Å². The quantitative estimate of drug-likeness (QED) is 0.246. The Kier molecular flexibility index (Phi) is 11.0. The summed E-state index contributed by atoms with van der Waals surface area (Å²) in [7, 11) is -4.19. The lowest BCUT2D eigenvalue weighted by Gasteiger charge is -2.33. The number of carbonyl (C=O) groups is 2. The number of hydrogen-bond donors (Lipinski definition) is 1. The predicted molar refractivity (Wildman–Crippen MR) is 173 cm³/mol. The van der Waals surface area contributed by atoms with Crippen molar-refractivity contribution in [3.63, 3.8) is 0 Å². The summed E-state index contributed by atoms with van der Waals surface area (Å²) in [5.41, 5.74) is 2.83. The number of nitrogens with one attached hydrogen (secondary N) is 1. The Balaban J connectivity index is 1.71. The summed E-state index contributed by atoms with van der Waals surface area (Å²) in [6.07, 6.45) is 5.00. The third-order valence-corrected chi connectivity index (χ3v) is 10.7. The maximum absolute atomic E-state index is 14.2. The molecule has 0 bridgehead atoms. The maximum Gasteiger partial charge on any atom is 0.264 e. The first kappa shape index (κ1) is 33.1. The second-order valence-corrected chi connectivity index (χ2v) is 14.1. The summed E-state index contributed by atoms with van der Waals surface area (Å²) in [5, 5.41) is 4.16. The molecule has 0 radical (unpaired) electrons. The number of carbonyl (C=O) groups excluding carboxylic acids is 2. The molecule has 0 spiro atoms. The van der Waals surface area contributed by atoms with Crippen molar-refractivity contribution in [3.05, 3.63) is 92.4 Å². The summed E-state index contributed by atoms with van der Waals surface area (Å²) in [4.78, 5) is 29.0. The molecule has 1 N–H and O–H groups in total. The van der Waals surface area contributed by atoms with E-state index in [1.165, 1.54) is 29.2 Å². The minimum Gasteiger partial charge on any atom is -0.352 e. The fraction of sp³-hybridized carbons (Fsp3) is 0.375. The number of benzene rings is 3. The van der Waals surface area contributed by atoms with Crippen molar-refractivity contribution < 1.29 is 18.0 Å². The van der Waals surface area contributed by atoms with Gasteiger partial charge >= 0.3 is 0 Å². The Morgan fingerprint density at radius 2 is 1.56 bits per heavy atom. The lowest BCUT2D eigenvalue weighted by atomic mass is 9.95. The molecule has 11 heteroatoms. The van der Waals surface area contributed by atoms with Crippen LogP contribution in [0.5, 0.6) is 0 Å². The zero-order valence-electron chi connectivity index (χ0n) is 24.4. The van der Waals surface area contributed by atoms with E-state index >= 15 is 0 Å². The monoisotopic (exact) mass is 663 g/mol. The summed E-state index contributed by atoms with van der Waals surface area (Å²) >= 11 is 18.4. The van der Waals surface area contributed by atoms with E-state index in [-0.39, 0.29) is 23.4 Å². The fourth-order valence-electron chi connectivity index (χ4n) is 5.13. The van der Waals surface area contributed by atoms with E-state index in [0.29, 0.717) is 26.3 Å². The Morgan fingerprint density at radius 1 is 0.884 bits per heavy atom. The minimum absolute atomic E-state index is 0.0120. The normalized spacial score (nSPS) is 14.7. The highest BCUT2D eigenvalue weighted by atomic mass is 35.5. The Labute approximate surface area is 269 Å². The van der Waals surface area contributed by atoms with Crippen LogP contribution in [-0.2, 0) is 26.2 Å². The molecule has 2 amide bonds. The molecule has 1 aliphatic rings. The van der Waals surface area contributed by atoms with Gasteiger partial charge < -0.3 is 10.2 Å². The van der Waals surface area contributed by atoms with Gasteiger partial charge in [0, 0.05) is 17.6 Å². The van der Waals surface area contributed by atoms with Crippen LogP contribution in [0.1, 0.15) is 55.7 Å². The second-order valence-electron chi connectivity index (χ2n) is 11.0. The smallest absolute Gasteiger partial charge is 0.264 e. The summed E-state index contributed by atoms with van der Waals surface area (Å²) in [6, 6.07) is 15.2. The average Bonchev–Trinajstić information content (AvgIpc) is 2.98. The average molecular weight is 665 g/mol. The number of hydrogen-bond acceptors (Lipinski definition) is 4. The van der Waals surface area contributed by atoms with Crippen LogP contribution in [0.4, 0.5) is 5.69 Å². The van der Waals surface area contributed by atoms with Crippen molar-refractivity contribution in [2.24, 2.45) is 0 Å². The van der Waals surface area contributed by atoms with Crippen LogP contribution < -0.4 is 9.62 Å². The van der Waals surface area contributed by atoms with E-state index in [0.717, 1.165) is 47.5 Å². The van der Waals surface area contributed by atoms with Crippen molar-refractivity contribution in [1.29, 1.82) is 0 Å². The number of anilines is 1. The molecular formula is C32H36Cl3N3O4S. The maximum atomic E-state index is 14.2. The third-order valence-electron chi connectivity index (χ3n) is 7.91. The van der Waals surface area contributed by atoms with Gasteiger partial charge in [0.05, 0.1) is 20.6 Å². The molecule has 0 heterocycles. The molecule has 1 unspecified atom stereocenters. The molecule has 43 heavy (non-hydrogen) atoms. The molecule has 1 aliphatic carbocycles. The van der Waals surface area contributed by atoms with Gasteiger partial charge in [-0.25, -0.2) is 8.42 Å². The number of aryl methyl sites for hydroxylation is 2. The molecule has 230 valence electrons. The van der Waals surface area contributed by atoms with Gasteiger partial charge in [-0.15, -0.1) is 0 Å². The Hall–Kier alpha value is -2.78. The second kappa shape index (κ2) is 14.3. The van der Waals surface area contributed by atoms with Crippen molar-refractivity contribution >= 4 is 62.3 Å². The highest BCUT2D eigenvalue weighted by molar-refractivity contribution is 7.92. The zero-order chi connectivity index (χ0) is 31.3. The lowest BCUT2D eigenvalue weighted by Crippen LogP contribution is -2.53. The van der Waals surface area contributed by atoms with E-state index < -0.39 is 28.5 Å². The topological polar surface area (TPSA) is 86.8 Å². The number of nitrogens with zero attached hydrogens (tertiary/aromatic N) is 2. The largest absolute Gasteiger partial charge is 0.352 e. The number of rotatable bonds is 10. The molecule has 0 saturated heterocycles. The van der Waals surface area contributed by atoms with Gasteiger partial charge in [-0.2, -0.15) is 0 Å². The first-order valence-corrected chi connectivity index (χ1v) is 16.8. The molecule has 3 aromatic rings. The summed E-state index contributed by atoms with van der Waals surface area (Å²) in [5.74, 6) is -0.841. The highest BCUT2D eigenvalue weighted by Gasteiger charge is 2.33. The van der Waals surface area contributed by atoms with Crippen molar-refractivity contribution in [3.8, 4) is 0 Å². The molecule has 3 aromatic carbocycles. The number of amides is 2. The van der Waals surface area contributed by atoms with Gasteiger partial charge in [0.15, 0.2) is 0 Å². The lowest BCUT2D eigenvalue weighted by molar-refractivity contribution is -0.139. The van der Waals surface area contributed by atoms with Gasteiger partial charge in [0.25, 0.3) is 10.0 Å². The zero-order valence-corrected chi connectivity index (χ0v) is 27.5. The predicted octanol–water partition coefficient (Wildman–Crippen LogP) is 7.33. The number of halogens is 3. The van der Waals surface area contributed by atoms with Crippen molar-refractivity contribution in [1.82, 2.24) is 10.2 Å². The van der Waals surface area contributed by atoms with E-state index in [9.17, 15) is 18.0 Å². The van der Waals surface area contributed by atoms with Crippen LogP contribution in [0.15, 0.2) is 65.6 Å². The molecule has 7 nitrogen and oxygen atoms in total. The van der Waals surface area contributed by atoms with Crippen molar-refractivity contribution in [2.75, 3.05) is 10.8 Å². The third kappa shape index (κ3) is 8.24. The van der Waals surface area contributed by atoms with Crippen molar-refractivity contribution in [2.45, 2.75) is 76.4 Å². The van der Waals surface area contributed by atoms with Gasteiger partial charge in [-0.05, 0) is 98.8 Å².